The summed E-state index contributed by atoms with van der Waals surface area (Å²) >= 11 is 1.74. The number of likely N-dealkylation sites (tertiary alicyclic amines) is 1. The van der Waals surface area contributed by atoms with Crippen molar-refractivity contribution in [2.24, 2.45) is 0 Å². The summed E-state index contributed by atoms with van der Waals surface area (Å²) < 4.78 is 0. The number of benzene rings is 1. The van der Waals surface area contributed by atoms with Gasteiger partial charge in [0.2, 0.25) is 0 Å². The van der Waals surface area contributed by atoms with Crippen molar-refractivity contribution in [2.45, 2.75) is 37.2 Å². The van der Waals surface area contributed by atoms with Crippen LogP contribution in [0.1, 0.15) is 18.9 Å². The van der Waals surface area contributed by atoms with E-state index < -0.39 is 0 Å². The fraction of sp³-hybridized carbons (Fsp3) is 0.625. The van der Waals surface area contributed by atoms with Crippen molar-refractivity contribution in [2.75, 3.05) is 26.0 Å². The molecule has 1 aromatic rings. The summed E-state index contributed by atoms with van der Waals surface area (Å²) in [4.78, 5) is 2.51. The van der Waals surface area contributed by atoms with Crippen molar-refractivity contribution in [1.82, 2.24) is 10.2 Å². The van der Waals surface area contributed by atoms with E-state index >= 15 is 0 Å². The topological polar surface area (TPSA) is 35.5 Å². The zero-order chi connectivity index (χ0) is 14.4. The van der Waals surface area contributed by atoms with E-state index in [0.717, 1.165) is 19.6 Å². The van der Waals surface area contributed by atoms with E-state index in [2.05, 4.69) is 53.7 Å². The molecule has 0 radical (unpaired) electrons. The molecule has 0 aromatic heterocycles. The molecule has 1 aliphatic rings. The highest BCUT2D eigenvalue weighted by Crippen LogP contribution is 2.16. The van der Waals surface area contributed by atoms with Gasteiger partial charge in [0.05, 0.1) is 6.61 Å². The Morgan fingerprint density at radius 2 is 2.15 bits per heavy atom. The van der Waals surface area contributed by atoms with E-state index in [0.29, 0.717) is 12.1 Å². The first-order chi connectivity index (χ1) is 9.72. The Kier molecular flexibility index (Phi) is 6.36. The van der Waals surface area contributed by atoms with Gasteiger partial charge < -0.3 is 10.4 Å². The predicted molar refractivity (Wildman–Crippen MR) is 87.1 cm³/mol. The number of nitrogens with one attached hydrogen (secondary N) is 1. The van der Waals surface area contributed by atoms with Crippen molar-refractivity contribution in [3.8, 4) is 0 Å². The van der Waals surface area contributed by atoms with Gasteiger partial charge >= 0.3 is 0 Å². The van der Waals surface area contributed by atoms with Gasteiger partial charge in [0, 0.05) is 37.0 Å². The summed E-state index contributed by atoms with van der Waals surface area (Å²) in [6.07, 6.45) is 3.26. The monoisotopic (exact) mass is 294 g/mol. The number of nitrogens with zero attached hydrogens (tertiary/aromatic N) is 1. The van der Waals surface area contributed by atoms with E-state index in [-0.39, 0.29) is 11.9 Å². The fourth-order valence-electron chi connectivity index (χ4n) is 2.87. The van der Waals surface area contributed by atoms with Crippen LogP contribution in [0, 0.1) is 0 Å². The van der Waals surface area contributed by atoms with Crippen LogP contribution in [0.4, 0.5) is 0 Å². The first-order valence-electron chi connectivity index (χ1n) is 7.39. The lowest BCUT2D eigenvalue weighted by Gasteiger charge is -2.25. The van der Waals surface area contributed by atoms with Gasteiger partial charge in [0.1, 0.15) is 0 Å². The van der Waals surface area contributed by atoms with E-state index in [4.69, 9.17) is 0 Å². The van der Waals surface area contributed by atoms with Gasteiger partial charge in [-0.15, -0.1) is 0 Å². The van der Waals surface area contributed by atoms with Crippen LogP contribution in [-0.2, 0) is 6.54 Å². The smallest absolute Gasteiger partial charge is 0.0564 e. The summed E-state index contributed by atoms with van der Waals surface area (Å²) in [6.45, 7) is 5.72. The molecule has 0 aliphatic carbocycles. The molecule has 2 rings (SSSR count). The van der Waals surface area contributed by atoms with Crippen molar-refractivity contribution < 1.29 is 5.11 Å². The second-order valence-corrected chi connectivity index (χ2v) is 6.70. The van der Waals surface area contributed by atoms with Crippen LogP contribution < -0.4 is 5.32 Å². The molecule has 0 saturated carbocycles. The molecule has 4 heteroatoms. The number of aliphatic hydroxyl groups excluding tert-OH is 1. The highest BCUT2D eigenvalue weighted by molar-refractivity contribution is 7.99. The molecule has 1 saturated heterocycles. The van der Waals surface area contributed by atoms with Gasteiger partial charge in [-0.1, -0.05) is 30.3 Å². The molecular formula is C16H26N2OS. The van der Waals surface area contributed by atoms with Gasteiger partial charge in [0.15, 0.2) is 0 Å². The average molecular weight is 294 g/mol. The molecule has 1 aromatic carbocycles. The summed E-state index contributed by atoms with van der Waals surface area (Å²) in [5.74, 6) is 0. The molecule has 0 amide bonds. The Morgan fingerprint density at radius 3 is 2.80 bits per heavy atom. The molecule has 20 heavy (non-hydrogen) atoms. The van der Waals surface area contributed by atoms with Gasteiger partial charge in [0.25, 0.3) is 0 Å². The molecule has 2 N–H and O–H groups in total. The van der Waals surface area contributed by atoms with E-state index in [1.54, 1.807) is 11.8 Å². The highest BCUT2D eigenvalue weighted by atomic mass is 32.2. The van der Waals surface area contributed by atoms with E-state index in [1.165, 1.54) is 12.0 Å². The zero-order valence-electron chi connectivity index (χ0n) is 12.5. The van der Waals surface area contributed by atoms with Gasteiger partial charge in [-0.25, -0.2) is 0 Å². The van der Waals surface area contributed by atoms with Crippen LogP contribution >= 0.6 is 11.8 Å². The van der Waals surface area contributed by atoms with Crippen LogP contribution in [-0.4, -0.2) is 53.3 Å². The van der Waals surface area contributed by atoms with Crippen LogP contribution in [0.25, 0.3) is 0 Å². The summed E-state index contributed by atoms with van der Waals surface area (Å²) in [6, 6.07) is 11.6. The number of aliphatic hydroxyl groups is 1. The third kappa shape index (κ3) is 4.48. The lowest BCUT2D eigenvalue weighted by molar-refractivity contribution is 0.267. The summed E-state index contributed by atoms with van der Waals surface area (Å²) in [5.41, 5.74) is 1.39. The standard InChI is InChI=1S/C16H26N2OS/c1-13(16(12-19)20-2)17-15-8-9-18(11-15)10-14-6-4-3-5-7-14/h3-7,13,15-17,19H,8-12H2,1-2H3. The molecule has 1 fully saturated rings. The lowest BCUT2D eigenvalue weighted by Crippen LogP contribution is -2.44. The average Bonchev–Trinajstić information content (AvgIpc) is 2.88. The Morgan fingerprint density at radius 1 is 1.40 bits per heavy atom. The fourth-order valence-corrected chi connectivity index (χ4v) is 3.51. The van der Waals surface area contributed by atoms with E-state index in [9.17, 15) is 5.11 Å². The van der Waals surface area contributed by atoms with Crippen molar-refractivity contribution >= 4 is 11.8 Å². The minimum Gasteiger partial charge on any atom is -0.395 e. The number of hydrogen-bond acceptors (Lipinski definition) is 4. The number of thioether (sulfide) groups is 1. The molecule has 112 valence electrons. The Hall–Kier alpha value is -0.550. The summed E-state index contributed by atoms with van der Waals surface area (Å²) in [5, 5.41) is 13.3. The maximum absolute atomic E-state index is 9.35. The normalized spacial score (nSPS) is 22.9. The third-order valence-corrected chi connectivity index (χ3v) is 5.22. The maximum atomic E-state index is 9.35. The maximum Gasteiger partial charge on any atom is 0.0564 e. The quantitative estimate of drug-likeness (QED) is 0.806. The van der Waals surface area contributed by atoms with Gasteiger partial charge in [-0.3, -0.25) is 4.90 Å². The largest absolute Gasteiger partial charge is 0.395 e. The minimum atomic E-state index is 0.246. The lowest BCUT2D eigenvalue weighted by atomic mass is 10.2. The van der Waals surface area contributed by atoms with Crippen LogP contribution in [0.2, 0.25) is 0 Å². The molecular weight excluding hydrogens is 268 g/mol. The molecule has 3 unspecified atom stereocenters. The SMILES string of the molecule is CSC(CO)C(C)NC1CCN(Cc2ccccc2)C1. The third-order valence-electron chi connectivity index (χ3n) is 4.06. The van der Waals surface area contributed by atoms with Crippen LogP contribution in [0.3, 0.4) is 0 Å². The second kappa shape index (κ2) is 8.03. The Bertz CT molecular complexity index is 383. The van der Waals surface area contributed by atoms with E-state index in [1.807, 2.05) is 0 Å². The first kappa shape index (κ1) is 15.8. The predicted octanol–water partition coefficient (Wildman–Crippen LogP) is 1.96. The summed E-state index contributed by atoms with van der Waals surface area (Å²) in [7, 11) is 0. The number of rotatable bonds is 7. The number of hydrogen-bond donors (Lipinski definition) is 2. The molecule has 1 heterocycles. The molecule has 1 aliphatic heterocycles. The molecule has 0 spiro atoms. The minimum absolute atomic E-state index is 0.246. The Labute approximate surface area is 126 Å². The van der Waals surface area contributed by atoms with Crippen molar-refractivity contribution in [3.05, 3.63) is 35.9 Å². The molecule has 3 nitrogen and oxygen atoms in total. The molecule has 0 bridgehead atoms. The highest BCUT2D eigenvalue weighted by Gasteiger charge is 2.25. The van der Waals surface area contributed by atoms with Gasteiger partial charge in [-0.05, 0) is 25.2 Å². The van der Waals surface area contributed by atoms with Crippen molar-refractivity contribution in [1.29, 1.82) is 0 Å². The van der Waals surface area contributed by atoms with Crippen LogP contribution in [0.15, 0.2) is 30.3 Å². The molecule has 3 atom stereocenters. The Balaban J connectivity index is 1.77. The second-order valence-electron chi connectivity index (χ2n) is 5.62. The van der Waals surface area contributed by atoms with Gasteiger partial charge in [-0.2, -0.15) is 11.8 Å². The first-order valence-corrected chi connectivity index (χ1v) is 8.67. The zero-order valence-corrected chi connectivity index (χ0v) is 13.3. The van der Waals surface area contributed by atoms with Crippen molar-refractivity contribution in [3.63, 3.8) is 0 Å². The van der Waals surface area contributed by atoms with Crippen LogP contribution in [0.5, 0.6) is 0 Å².